The number of pyridine rings is 1. The summed E-state index contributed by atoms with van der Waals surface area (Å²) in [7, 11) is 0. The SMILES string of the molecule is CCC(C)CSCc1ccc(N)nc1. The molecule has 1 atom stereocenters. The molecule has 14 heavy (non-hydrogen) atoms. The molecule has 1 aromatic rings. The number of nitrogens with zero attached hydrogens (tertiary/aromatic N) is 1. The van der Waals surface area contributed by atoms with Gasteiger partial charge in [-0.25, -0.2) is 4.98 Å². The van der Waals surface area contributed by atoms with Crippen molar-refractivity contribution in [1.82, 2.24) is 4.98 Å². The van der Waals surface area contributed by atoms with Gasteiger partial charge in [0, 0.05) is 11.9 Å². The quantitative estimate of drug-likeness (QED) is 0.812. The highest BCUT2D eigenvalue weighted by molar-refractivity contribution is 7.98. The summed E-state index contributed by atoms with van der Waals surface area (Å²) in [5.41, 5.74) is 6.76. The van der Waals surface area contributed by atoms with E-state index in [2.05, 4.69) is 18.8 Å². The number of nitrogens with two attached hydrogens (primary N) is 1. The van der Waals surface area contributed by atoms with Crippen LogP contribution in [0.5, 0.6) is 0 Å². The van der Waals surface area contributed by atoms with Gasteiger partial charge < -0.3 is 5.73 Å². The zero-order valence-corrected chi connectivity index (χ0v) is 9.68. The van der Waals surface area contributed by atoms with E-state index in [0.717, 1.165) is 11.7 Å². The topological polar surface area (TPSA) is 38.9 Å². The highest BCUT2D eigenvalue weighted by atomic mass is 32.2. The Morgan fingerprint density at radius 3 is 2.86 bits per heavy atom. The molecule has 0 aliphatic carbocycles. The maximum atomic E-state index is 5.51. The first kappa shape index (κ1) is 11.4. The largest absolute Gasteiger partial charge is 0.384 e. The Morgan fingerprint density at radius 2 is 2.29 bits per heavy atom. The zero-order valence-electron chi connectivity index (χ0n) is 8.86. The van der Waals surface area contributed by atoms with E-state index in [9.17, 15) is 0 Å². The first-order valence-corrected chi connectivity index (χ1v) is 6.16. The van der Waals surface area contributed by atoms with Crippen LogP contribution in [0.4, 0.5) is 5.82 Å². The number of anilines is 1. The van der Waals surface area contributed by atoms with Crippen LogP contribution in [0, 0.1) is 5.92 Å². The molecule has 3 heteroatoms. The lowest BCUT2D eigenvalue weighted by Gasteiger charge is -2.07. The van der Waals surface area contributed by atoms with Gasteiger partial charge in [0.1, 0.15) is 5.82 Å². The predicted octanol–water partition coefficient (Wildman–Crippen LogP) is 2.94. The van der Waals surface area contributed by atoms with E-state index in [1.807, 2.05) is 30.1 Å². The van der Waals surface area contributed by atoms with Crippen molar-refractivity contribution >= 4 is 17.6 Å². The summed E-state index contributed by atoms with van der Waals surface area (Å²) >= 11 is 1.96. The maximum absolute atomic E-state index is 5.51. The highest BCUT2D eigenvalue weighted by Crippen LogP contribution is 2.16. The maximum Gasteiger partial charge on any atom is 0.123 e. The van der Waals surface area contributed by atoms with E-state index in [1.165, 1.54) is 17.7 Å². The van der Waals surface area contributed by atoms with Crippen molar-refractivity contribution in [3.63, 3.8) is 0 Å². The Hall–Kier alpha value is -0.700. The second-order valence-corrected chi connectivity index (χ2v) is 4.65. The Bertz CT molecular complexity index is 258. The van der Waals surface area contributed by atoms with Crippen LogP contribution in [0.1, 0.15) is 25.8 Å². The summed E-state index contributed by atoms with van der Waals surface area (Å²) in [5.74, 6) is 3.67. The molecular formula is C11H18N2S. The molecule has 1 aromatic heterocycles. The van der Waals surface area contributed by atoms with Gasteiger partial charge in [-0.2, -0.15) is 11.8 Å². The monoisotopic (exact) mass is 210 g/mol. The standard InChI is InChI=1S/C11H18N2S/c1-3-9(2)7-14-8-10-4-5-11(12)13-6-10/h4-6,9H,3,7-8H2,1-2H3,(H2,12,13). The minimum atomic E-state index is 0.598. The molecule has 78 valence electrons. The Labute approximate surface area is 90.3 Å². The van der Waals surface area contributed by atoms with E-state index >= 15 is 0 Å². The Kier molecular flexibility index (Phi) is 4.80. The molecule has 2 nitrogen and oxygen atoms in total. The number of aromatic nitrogens is 1. The van der Waals surface area contributed by atoms with E-state index in [4.69, 9.17) is 5.73 Å². The second kappa shape index (κ2) is 5.91. The lowest BCUT2D eigenvalue weighted by Crippen LogP contribution is -1.96. The Morgan fingerprint density at radius 1 is 1.50 bits per heavy atom. The van der Waals surface area contributed by atoms with Crippen molar-refractivity contribution in [3.05, 3.63) is 23.9 Å². The molecule has 0 aliphatic rings. The van der Waals surface area contributed by atoms with Gasteiger partial charge >= 0.3 is 0 Å². The lowest BCUT2D eigenvalue weighted by atomic mass is 10.2. The molecule has 0 amide bonds. The summed E-state index contributed by atoms with van der Waals surface area (Å²) < 4.78 is 0. The third-order valence-electron chi connectivity index (χ3n) is 2.22. The van der Waals surface area contributed by atoms with Crippen molar-refractivity contribution in [1.29, 1.82) is 0 Å². The van der Waals surface area contributed by atoms with Crippen LogP contribution < -0.4 is 5.73 Å². The number of nitrogen functional groups attached to an aromatic ring is 1. The minimum absolute atomic E-state index is 0.598. The minimum Gasteiger partial charge on any atom is -0.384 e. The van der Waals surface area contributed by atoms with Gasteiger partial charge in [-0.15, -0.1) is 0 Å². The normalized spacial score (nSPS) is 12.7. The smallest absolute Gasteiger partial charge is 0.123 e. The van der Waals surface area contributed by atoms with Crippen LogP contribution in [-0.2, 0) is 5.75 Å². The van der Waals surface area contributed by atoms with Gasteiger partial charge in [0.2, 0.25) is 0 Å². The Balaban J connectivity index is 2.28. The molecule has 0 saturated heterocycles. The van der Waals surface area contributed by atoms with Gasteiger partial charge in [-0.05, 0) is 23.3 Å². The van der Waals surface area contributed by atoms with E-state index < -0.39 is 0 Å². The van der Waals surface area contributed by atoms with Crippen molar-refractivity contribution < 1.29 is 0 Å². The van der Waals surface area contributed by atoms with Crippen LogP contribution in [0.2, 0.25) is 0 Å². The average Bonchev–Trinajstić information content (AvgIpc) is 2.21. The molecular weight excluding hydrogens is 192 g/mol. The predicted molar refractivity (Wildman–Crippen MR) is 64.3 cm³/mol. The molecule has 0 aromatic carbocycles. The highest BCUT2D eigenvalue weighted by Gasteiger charge is 1.99. The molecule has 0 spiro atoms. The summed E-state index contributed by atoms with van der Waals surface area (Å²) in [6, 6.07) is 3.91. The van der Waals surface area contributed by atoms with Crippen molar-refractivity contribution in [3.8, 4) is 0 Å². The zero-order chi connectivity index (χ0) is 10.4. The first-order valence-electron chi connectivity index (χ1n) is 5.00. The molecule has 1 heterocycles. The fourth-order valence-corrected chi connectivity index (χ4v) is 2.18. The lowest BCUT2D eigenvalue weighted by molar-refractivity contribution is 0.637. The van der Waals surface area contributed by atoms with Crippen LogP contribution >= 0.6 is 11.8 Å². The van der Waals surface area contributed by atoms with Crippen LogP contribution in [-0.4, -0.2) is 10.7 Å². The molecule has 0 bridgehead atoms. The van der Waals surface area contributed by atoms with E-state index in [1.54, 1.807) is 0 Å². The van der Waals surface area contributed by atoms with Gasteiger partial charge in [-0.3, -0.25) is 0 Å². The first-order chi connectivity index (χ1) is 6.72. The molecule has 0 fully saturated rings. The van der Waals surface area contributed by atoms with Crippen LogP contribution in [0.25, 0.3) is 0 Å². The number of hydrogen-bond donors (Lipinski definition) is 1. The van der Waals surface area contributed by atoms with Crippen LogP contribution in [0.15, 0.2) is 18.3 Å². The molecule has 0 aliphatic heterocycles. The number of rotatable bonds is 5. The summed E-state index contributed by atoms with van der Waals surface area (Å²) in [4.78, 5) is 4.06. The van der Waals surface area contributed by atoms with E-state index in [-0.39, 0.29) is 0 Å². The summed E-state index contributed by atoms with van der Waals surface area (Å²) in [6.07, 6.45) is 3.12. The van der Waals surface area contributed by atoms with Crippen molar-refractivity contribution in [2.24, 2.45) is 5.92 Å². The molecule has 1 rings (SSSR count). The second-order valence-electron chi connectivity index (χ2n) is 3.62. The average molecular weight is 210 g/mol. The van der Waals surface area contributed by atoms with Crippen molar-refractivity contribution in [2.75, 3.05) is 11.5 Å². The third kappa shape index (κ3) is 4.01. The number of hydrogen-bond acceptors (Lipinski definition) is 3. The molecule has 0 radical (unpaired) electrons. The third-order valence-corrected chi connectivity index (χ3v) is 3.56. The molecule has 2 N–H and O–H groups in total. The van der Waals surface area contributed by atoms with Gasteiger partial charge in [0.15, 0.2) is 0 Å². The van der Waals surface area contributed by atoms with Crippen molar-refractivity contribution in [2.45, 2.75) is 26.0 Å². The van der Waals surface area contributed by atoms with Crippen LogP contribution in [0.3, 0.4) is 0 Å². The fourth-order valence-electron chi connectivity index (χ4n) is 1.02. The van der Waals surface area contributed by atoms with Gasteiger partial charge in [0.05, 0.1) is 0 Å². The summed E-state index contributed by atoms with van der Waals surface area (Å²) in [6.45, 7) is 4.52. The molecule has 0 saturated carbocycles. The van der Waals surface area contributed by atoms with Gasteiger partial charge in [-0.1, -0.05) is 26.3 Å². The van der Waals surface area contributed by atoms with Gasteiger partial charge in [0.25, 0.3) is 0 Å². The molecule has 1 unspecified atom stereocenters. The number of thioether (sulfide) groups is 1. The fraction of sp³-hybridized carbons (Fsp3) is 0.545. The van der Waals surface area contributed by atoms with E-state index in [0.29, 0.717) is 5.82 Å². The summed E-state index contributed by atoms with van der Waals surface area (Å²) in [5, 5.41) is 0.